The Balaban J connectivity index is 2.16. The minimum atomic E-state index is -3.76. The molecule has 2 rings (SSSR count). The van der Waals surface area contributed by atoms with Gasteiger partial charge in [0.15, 0.2) is 0 Å². The number of carbonyl (C=O) groups excluding carboxylic acids is 1. The molecule has 2 aromatic rings. The van der Waals surface area contributed by atoms with E-state index in [-0.39, 0.29) is 10.7 Å². The van der Waals surface area contributed by atoms with Gasteiger partial charge in [-0.25, -0.2) is 13.8 Å². The van der Waals surface area contributed by atoms with E-state index in [2.05, 4.69) is 10.5 Å². The Bertz CT molecular complexity index is 1040. The maximum absolute atomic E-state index is 12.3. The van der Waals surface area contributed by atoms with Crippen molar-refractivity contribution < 1.29 is 27.4 Å². The molecule has 0 aliphatic rings. The zero-order valence-electron chi connectivity index (χ0n) is 16.9. The second-order valence-corrected chi connectivity index (χ2v) is 8.30. The first-order valence-corrected chi connectivity index (χ1v) is 10.8. The van der Waals surface area contributed by atoms with Gasteiger partial charge in [0, 0.05) is 5.56 Å². The first kappa shape index (κ1) is 23.3. The van der Waals surface area contributed by atoms with Crippen LogP contribution in [0.4, 0.5) is 5.69 Å². The predicted octanol–water partition coefficient (Wildman–Crippen LogP) is 2.28. The van der Waals surface area contributed by atoms with Crippen molar-refractivity contribution in [2.24, 2.45) is 5.10 Å². The Kier molecular flexibility index (Phi) is 7.90. The number of hydrogen-bond donors (Lipinski definition) is 1. The number of carbonyl (C=O) groups is 1. The van der Waals surface area contributed by atoms with E-state index < -0.39 is 22.5 Å². The average molecular weight is 456 g/mol. The van der Waals surface area contributed by atoms with E-state index in [4.69, 9.17) is 25.8 Å². The van der Waals surface area contributed by atoms with E-state index >= 15 is 0 Å². The number of rotatable bonds is 9. The molecule has 0 saturated carbocycles. The van der Waals surface area contributed by atoms with E-state index in [0.29, 0.717) is 22.8 Å². The van der Waals surface area contributed by atoms with Gasteiger partial charge in [0.1, 0.15) is 23.8 Å². The Morgan fingerprint density at radius 3 is 2.33 bits per heavy atom. The molecule has 2 aromatic carbocycles. The second kappa shape index (κ2) is 10.2. The molecule has 0 fully saturated rings. The quantitative estimate of drug-likeness (QED) is 0.459. The topological polar surface area (TPSA) is 107 Å². The number of nitrogens with zero attached hydrogens (tertiary/aromatic N) is 2. The molecule has 0 radical (unpaired) electrons. The summed E-state index contributed by atoms with van der Waals surface area (Å²) < 4.78 is 40.7. The van der Waals surface area contributed by atoms with Gasteiger partial charge in [-0.05, 0) is 36.4 Å². The third-order valence-corrected chi connectivity index (χ3v) is 5.38. The van der Waals surface area contributed by atoms with Gasteiger partial charge in [0.05, 0.1) is 44.5 Å². The van der Waals surface area contributed by atoms with Gasteiger partial charge in [-0.15, -0.1) is 0 Å². The number of ether oxygens (including phenoxy) is 3. The lowest BCUT2D eigenvalue weighted by Gasteiger charge is -2.22. The van der Waals surface area contributed by atoms with Gasteiger partial charge in [-0.1, -0.05) is 11.6 Å². The van der Waals surface area contributed by atoms with E-state index in [0.717, 1.165) is 10.6 Å². The fourth-order valence-corrected chi connectivity index (χ4v) is 3.59. The third kappa shape index (κ3) is 6.01. The van der Waals surface area contributed by atoms with Crippen molar-refractivity contribution >= 4 is 39.4 Å². The number of hydrazone groups is 1. The van der Waals surface area contributed by atoms with Crippen molar-refractivity contribution in [3.8, 4) is 17.2 Å². The van der Waals surface area contributed by atoms with Gasteiger partial charge in [-0.3, -0.25) is 9.10 Å². The van der Waals surface area contributed by atoms with Crippen LogP contribution < -0.4 is 23.9 Å². The summed E-state index contributed by atoms with van der Waals surface area (Å²) in [6.07, 6.45) is 2.36. The molecule has 30 heavy (non-hydrogen) atoms. The van der Waals surface area contributed by atoms with Crippen molar-refractivity contribution in [1.29, 1.82) is 0 Å². The third-order valence-electron chi connectivity index (χ3n) is 3.94. The molecule has 0 unspecified atom stereocenters. The number of hydrogen-bond acceptors (Lipinski definition) is 7. The minimum absolute atomic E-state index is 0.215. The van der Waals surface area contributed by atoms with E-state index in [1.54, 1.807) is 18.2 Å². The average Bonchev–Trinajstić information content (AvgIpc) is 2.71. The Morgan fingerprint density at radius 2 is 1.77 bits per heavy atom. The fourth-order valence-electron chi connectivity index (χ4n) is 2.49. The second-order valence-electron chi connectivity index (χ2n) is 5.99. The highest BCUT2D eigenvalue weighted by molar-refractivity contribution is 7.92. The first-order chi connectivity index (χ1) is 14.2. The zero-order chi connectivity index (χ0) is 22.3. The summed E-state index contributed by atoms with van der Waals surface area (Å²) in [6.45, 7) is -0.492. The number of nitrogens with one attached hydrogen (secondary N) is 1. The van der Waals surface area contributed by atoms with Gasteiger partial charge in [0.25, 0.3) is 5.91 Å². The Morgan fingerprint density at radius 1 is 1.10 bits per heavy atom. The monoisotopic (exact) mass is 455 g/mol. The summed E-state index contributed by atoms with van der Waals surface area (Å²) in [4.78, 5) is 12.3. The molecule has 1 amide bonds. The molecule has 9 nitrogen and oxygen atoms in total. The summed E-state index contributed by atoms with van der Waals surface area (Å²) in [7, 11) is 0.706. The van der Waals surface area contributed by atoms with Gasteiger partial charge in [-0.2, -0.15) is 5.10 Å². The summed E-state index contributed by atoms with van der Waals surface area (Å²) in [5.41, 5.74) is 3.09. The Hall–Kier alpha value is -2.98. The smallest absolute Gasteiger partial charge is 0.260 e. The van der Waals surface area contributed by atoms with Crippen LogP contribution in [0.25, 0.3) is 0 Å². The van der Waals surface area contributed by atoms with Crippen LogP contribution >= 0.6 is 11.6 Å². The molecule has 0 saturated heterocycles. The number of sulfonamides is 1. The minimum Gasteiger partial charge on any atom is -0.497 e. The van der Waals surface area contributed by atoms with E-state index in [1.165, 1.54) is 45.7 Å². The molecule has 0 aliphatic heterocycles. The van der Waals surface area contributed by atoms with Crippen molar-refractivity contribution in [2.75, 3.05) is 38.4 Å². The number of anilines is 1. The largest absolute Gasteiger partial charge is 0.497 e. The van der Waals surface area contributed by atoms with Crippen LogP contribution in [0.3, 0.4) is 0 Å². The van der Waals surface area contributed by atoms with Gasteiger partial charge < -0.3 is 14.2 Å². The molecule has 0 atom stereocenters. The maximum atomic E-state index is 12.3. The highest BCUT2D eigenvalue weighted by Crippen LogP contribution is 2.30. The molecule has 0 aromatic heterocycles. The Labute approximate surface area is 180 Å². The van der Waals surface area contributed by atoms with Crippen LogP contribution in [-0.4, -0.2) is 54.7 Å². The summed E-state index contributed by atoms with van der Waals surface area (Å²) >= 11 is 6.07. The zero-order valence-corrected chi connectivity index (χ0v) is 18.5. The summed E-state index contributed by atoms with van der Waals surface area (Å²) in [5.74, 6) is 0.850. The highest BCUT2D eigenvalue weighted by Gasteiger charge is 2.21. The number of methoxy groups -OCH3 is 3. The molecule has 0 spiro atoms. The van der Waals surface area contributed by atoms with Crippen molar-refractivity contribution in [3.05, 3.63) is 47.0 Å². The van der Waals surface area contributed by atoms with Crippen LogP contribution in [-0.2, 0) is 14.8 Å². The first-order valence-electron chi connectivity index (χ1n) is 8.54. The van der Waals surface area contributed by atoms with Crippen molar-refractivity contribution in [2.45, 2.75) is 0 Å². The van der Waals surface area contributed by atoms with Crippen LogP contribution in [0.1, 0.15) is 5.56 Å². The molecule has 1 N–H and O–H groups in total. The lowest BCUT2D eigenvalue weighted by molar-refractivity contribution is -0.119. The van der Waals surface area contributed by atoms with Crippen LogP contribution in [0, 0.1) is 0 Å². The SMILES string of the molecule is COc1ccc(OC)c(/C=N\NC(=O)CN(c2ccc(OC)c(Cl)c2)S(C)(=O)=O)c1. The van der Waals surface area contributed by atoms with E-state index in [1.807, 2.05) is 0 Å². The van der Waals surface area contributed by atoms with Crippen LogP contribution in [0.5, 0.6) is 17.2 Å². The number of benzene rings is 2. The number of halogens is 1. The molecular formula is C19H22ClN3O6S. The summed E-state index contributed by atoms with van der Waals surface area (Å²) in [5, 5.41) is 4.09. The number of amides is 1. The molecule has 11 heteroatoms. The maximum Gasteiger partial charge on any atom is 0.260 e. The summed E-state index contributed by atoms with van der Waals surface area (Å²) in [6, 6.07) is 9.50. The molecular weight excluding hydrogens is 434 g/mol. The van der Waals surface area contributed by atoms with Gasteiger partial charge in [0.2, 0.25) is 10.0 Å². The molecule has 162 valence electrons. The van der Waals surface area contributed by atoms with Crippen molar-refractivity contribution in [1.82, 2.24) is 5.43 Å². The lowest BCUT2D eigenvalue weighted by Crippen LogP contribution is -2.39. The van der Waals surface area contributed by atoms with Crippen LogP contribution in [0.2, 0.25) is 5.02 Å². The highest BCUT2D eigenvalue weighted by atomic mass is 35.5. The standard InChI is InChI=1S/C19H22ClN3O6S/c1-27-15-6-8-17(28-2)13(9-15)11-21-22-19(24)12-23(30(4,25)26)14-5-7-18(29-3)16(20)10-14/h5-11H,12H2,1-4H3,(H,22,24)/b21-11-. The predicted molar refractivity (Wildman–Crippen MR) is 115 cm³/mol. The molecule has 0 bridgehead atoms. The van der Waals surface area contributed by atoms with Crippen LogP contribution in [0.15, 0.2) is 41.5 Å². The lowest BCUT2D eigenvalue weighted by atomic mass is 10.2. The van der Waals surface area contributed by atoms with E-state index in [9.17, 15) is 13.2 Å². The van der Waals surface area contributed by atoms with Crippen molar-refractivity contribution in [3.63, 3.8) is 0 Å². The molecule has 0 heterocycles. The molecule has 0 aliphatic carbocycles. The van der Waals surface area contributed by atoms with Gasteiger partial charge >= 0.3 is 0 Å². The normalized spacial score (nSPS) is 11.2. The fraction of sp³-hybridized carbons (Fsp3) is 0.263.